The van der Waals surface area contributed by atoms with Crippen molar-refractivity contribution in [2.75, 3.05) is 18.4 Å². The molecule has 0 bridgehead atoms. The van der Waals surface area contributed by atoms with Gasteiger partial charge in [-0.25, -0.2) is 0 Å². The maximum Gasteiger partial charge on any atom is 0.418 e. The Labute approximate surface area is 91.8 Å². The fraction of sp³-hybridized carbons (Fsp3) is 0.455. The molecule has 1 aromatic carbocycles. The minimum atomic E-state index is -4.30. The zero-order valence-corrected chi connectivity index (χ0v) is 8.64. The molecule has 0 spiro atoms. The first-order valence-corrected chi connectivity index (χ1v) is 5.21. The predicted octanol–water partition coefficient (Wildman–Crippen LogP) is 2.48. The van der Waals surface area contributed by atoms with Gasteiger partial charge in [0.25, 0.3) is 0 Å². The zero-order valence-electron chi connectivity index (χ0n) is 8.64. The molecular weight excluding hydrogens is 217 g/mol. The van der Waals surface area contributed by atoms with E-state index in [9.17, 15) is 13.2 Å². The van der Waals surface area contributed by atoms with E-state index < -0.39 is 11.7 Å². The Morgan fingerprint density at radius 1 is 1.25 bits per heavy atom. The van der Waals surface area contributed by atoms with E-state index >= 15 is 0 Å². The number of hydrogen-bond donors (Lipinski definition) is 2. The lowest BCUT2D eigenvalue weighted by Crippen LogP contribution is -2.23. The molecule has 1 aliphatic heterocycles. The third-order valence-electron chi connectivity index (χ3n) is 2.65. The Hall–Kier alpha value is -1.23. The molecule has 0 amide bonds. The van der Waals surface area contributed by atoms with E-state index in [2.05, 4.69) is 10.6 Å². The van der Waals surface area contributed by atoms with E-state index in [1.807, 2.05) is 0 Å². The number of hydrogen-bond acceptors (Lipinski definition) is 2. The van der Waals surface area contributed by atoms with Crippen LogP contribution in [0.2, 0.25) is 0 Å². The molecule has 2 rings (SSSR count). The van der Waals surface area contributed by atoms with Crippen LogP contribution in [0.5, 0.6) is 0 Å². The van der Waals surface area contributed by atoms with Gasteiger partial charge in [0.2, 0.25) is 0 Å². The van der Waals surface area contributed by atoms with Crippen LogP contribution in [0.4, 0.5) is 18.9 Å². The van der Waals surface area contributed by atoms with Gasteiger partial charge in [-0.15, -0.1) is 0 Å². The minimum Gasteiger partial charge on any atom is -0.380 e. The summed E-state index contributed by atoms with van der Waals surface area (Å²) >= 11 is 0. The van der Waals surface area contributed by atoms with E-state index in [-0.39, 0.29) is 11.7 Å². The number of halogens is 3. The van der Waals surface area contributed by atoms with Crippen molar-refractivity contribution in [3.8, 4) is 0 Å². The van der Waals surface area contributed by atoms with Gasteiger partial charge in [-0.05, 0) is 25.1 Å². The summed E-state index contributed by atoms with van der Waals surface area (Å²) in [5.41, 5.74) is -0.425. The van der Waals surface area contributed by atoms with Crippen molar-refractivity contribution in [2.45, 2.75) is 18.6 Å². The number of para-hydroxylation sites is 1. The normalized spacial score (nSPS) is 21.1. The molecule has 0 aromatic heterocycles. The molecule has 0 saturated carbocycles. The standard InChI is InChI=1S/C11H13F3N2/c12-11(13,14)9-3-1-2-4-10(9)16-8-5-6-15-7-8/h1-4,8,15-16H,5-7H2. The van der Waals surface area contributed by atoms with Gasteiger partial charge in [0.15, 0.2) is 0 Å². The van der Waals surface area contributed by atoms with Crippen molar-refractivity contribution in [3.63, 3.8) is 0 Å². The van der Waals surface area contributed by atoms with E-state index in [1.165, 1.54) is 12.1 Å². The Bertz CT molecular complexity index is 356. The first kappa shape index (κ1) is 11.3. The third kappa shape index (κ3) is 2.47. The lowest BCUT2D eigenvalue weighted by atomic mass is 10.1. The lowest BCUT2D eigenvalue weighted by Gasteiger charge is -2.17. The quantitative estimate of drug-likeness (QED) is 0.815. The van der Waals surface area contributed by atoms with Crippen LogP contribution >= 0.6 is 0 Å². The molecule has 5 heteroatoms. The van der Waals surface area contributed by atoms with Gasteiger partial charge in [-0.3, -0.25) is 0 Å². The SMILES string of the molecule is FC(F)(F)c1ccccc1NC1CCNC1. The van der Waals surface area contributed by atoms with Crippen molar-refractivity contribution < 1.29 is 13.2 Å². The summed E-state index contributed by atoms with van der Waals surface area (Å²) in [6, 6.07) is 5.68. The molecule has 1 aromatic rings. The summed E-state index contributed by atoms with van der Waals surface area (Å²) in [4.78, 5) is 0. The van der Waals surface area contributed by atoms with Crippen molar-refractivity contribution in [1.82, 2.24) is 5.32 Å². The molecule has 1 fully saturated rings. The number of benzene rings is 1. The molecular formula is C11H13F3N2. The fourth-order valence-corrected chi connectivity index (χ4v) is 1.85. The first-order chi connectivity index (χ1) is 7.57. The largest absolute Gasteiger partial charge is 0.418 e. The van der Waals surface area contributed by atoms with Gasteiger partial charge in [0.1, 0.15) is 0 Å². The fourth-order valence-electron chi connectivity index (χ4n) is 1.85. The molecule has 1 aliphatic rings. The predicted molar refractivity (Wildman–Crippen MR) is 56.3 cm³/mol. The van der Waals surface area contributed by atoms with Crippen LogP contribution in [0, 0.1) is 0 Å². The summed E-state index contributed by atoms with van der Waals surface area (Å²) in [7, 11) is 0. The van der Waals surface area contributed by atoms with E-state index in [1.54, 1.807) is 6.07 Å². The molecule has 2 N–H and O–H groups in total. The second kappa shape index (κ2) is 4.33. The summed E-state index contributed by atoms with van der Waals surface area (Å²) < 4.78 is 38.0. The lowest BCUT2D eigenvalue weighted by molar-refractivity contribution is -0.137. The highest BCUT2D eigenvalue weighted by atomic mass is 19.4. The van der Waals surface area contributed by atoms with Gasteiger partial charge in [0.05, 0.1) is 5.56 Å². The molecule has 1 atom stereocenters. The van der Waals surface area contributed by atoms with E-state index in [4.69, 9.17) is 0 Å². The second-order valence-corrected chi connectivity index (χ2v) is 3.88. The number of rotatable bonds is 2. The Kier molecular flexibility index (Phi) is 3.05. The van der Waals surface area contributed by atoms with Crippen LogP contribution in [0.15, 0.2) is 24.3 Å². The van der Waals surface area contributed by atoms with Crippen LogP contribution in [0.1, 0.15) is 12.0 Å². The van der Waals surface area contributed by atoms with Crippen LogP contribution in [0.25, 0.3) is 0 Å². The van der Waals surface area contributed by atoms with Gasteiger partial charge in [-0.2, -0.15) is 13.2 Å². The molecule has 1 heterocycles. The van der Waals surface area contributed by atoms with Crippen molar-refractivity contribution in [1.29, 1.82) is 0 Å². The molecule has 16 heavy (non-hydrogen) atoms. The maximum absolute atomic E-state index is 12.7. The van der Waals surface area contributed by atoms with Crippen LogP contribution in [-0.4, -0.2) is 19.1 Å². The Morgan fingerprint density at radius 2 is 2.00 bits per heavy atom. The topological polar surface area (TPSA) is 24.1 Å². The molecule has 88 valence electrons. The first-order valence-electron chi connectivity index (χ1n) is 5.21. The Morgan fingerprint density at radius 3 is 2.62 bits per heavy atom. The molecule has 1 unspecified atom stereocenters. The highest BCUT2D eigenvalue weighted by Crippen LogP contribution is 2.34. The van der Waals surface area contributed by atoms with Crippen molar-refractivity contribution in [2.24, 2.45) is 0 Å². The van der Waals surface area contributed by atoms with Gasteiger partial charge < -0.3 is 10.6 Å². The number of alkyl halides is 3. The van der Waals surface area contributed by atoms with Crippen molar-refractivity contribution >= 4 is 5.69 Å². The van der Waals surface area contributed by atoms with Crippen LogP contribution < -0.4 is 10.6 Å². The third-order valence-corrected chi connectivity index (χ3v) is 2.65. The molecule has 1 saturated heterocycles. The van der Waals surface area contributed by atoms with E-state index in [0.29, 0.717) is 6.54 Å². The van der Waals surface area contributed by atoms with Crippen molar-refractivity contribution in [3.05, 3.63) is 29.8 Å². The zero-order chi connectivity index (χ0) is 11.6. The molecule has 0 radical (unpaired) electrons. The van der Waals surface area contributed by atoms with Gasteiger partial charge in [-0.1, -0.05) is 12.1 Å². The average molecular weight is 230 g/mol. The number of anilines is 1. The Balaban J connectivity index is 2.19. The maximum atomic E-state index is 12.7. The average Bonchev–Trinajstić information content (AvgIpc) is 2.70. The highest BCUT2D eigenvalue weighted by Gasteiger charge is 2.33. The summed E-state index contributed by atoms with van der Waals surface area (Å²) in [6.07, 6.45) is -3.44. The summed E-state index contributed by atoms with van der Waals surface area (Å²) in [5, 5.41) is 6.04. The minimum absolute atomic E-state index is 0.0866. The number of nitrogens with one attached hydrogen (secondary N) is 2. The van der Waals surface area contributed by atoms with Gasteiger partial charge >= 0.3 is 6.18 Å². The molecule has 2 nitrogen and oxygen atoms in total. The van der Waals surface area contributed by atoms with E-state index in [0.717, 1.165) is 19.0 Å². The second-order valence-electron chi connectivity index (χ2n) is 3.88. The highest BCUT2D eigenvalue weighted by molar-refractivity contribution is 5.53. The monoisotopic (exact) mass is 230 g/mol. The van der Waals surface area contributed by atoms with Crippen LogP contribution in [0.3, 0.4) is 0 Å². The summed E-state index contributed by atoms with van der Waals surface area (Å²) in [5.74, 6) is 0. The summed E-state index contributed by atoms with van der Waals surface area (Å²) in [6.45, 7) is 1.57. The van der Waals surface area contributed by atoms with Crippen LogP contribution in [-0.2, 0) is 6.18 Å². The smallest absolute Gasteiger partial charge is 0.380 e. The molecule has 0 aliphatic carbocycles. The van der Waals surface area contributed by atoms with Gasteiger partial charge in [0, 0.05) is 18.3 Å².